The molecule has 242 valence electrons. The van der Waals surface area contributed by atoms with E-state index in [0.717, 1.165) is 0 Å². The van der Waals surface area contributed by atoms with Gasteiger partial charge >= 0.3 is 0 Å². The van der Waals surface area contributed by atoms with Crippen molar-refractivity contribution in [1.82, 2.24) is 0 Å². The van der Waals surface area contributed by atoms with Gasteiger partial charge < -0.3 is 4.90 Å². The molecule has 0 aliphatic heterocycles. The van der Waals surface area contributed by atoms with Crippen LogP contribution in [0.5, 0.6) is 0 Å². The zero-order valence-electron chi connectivity index (χ0n) is 22.4. The van der Waals surface area contributed by atoms with Crippen LogP contribution in [0.1, 0.15) is 0 Å². The van der Waals surface area contributed by atoms with Crippen molar-refractivity contribution in [2.75, 3.05) is 21.1 Å². The molecule has 0 unspecified atom stereocenters. The Kier molecular flexibility index (Phi) is 9.91. The summed E-state index contributed by atoms with van der Waals surface area (Å²) in [7, 11) is 6.25. The van der Waals surface area contributed by atoms with Gasteiger partial charge in [0.25, 0.3) is 0 Å². The Labute approximate surface area is 242 Å². The van der Waals surface area contributed by atoms with Crippen LogP contribution in [0.15, 0.2) is 24.3 Å². The van der Waals surface area contributed by atoms with Crippen LogP contribution >= 0.6 is 0 Å². The Morgan fingerprint density at radius 2 is 0.467 bits per heavy atom. The molecule has 0 radical (unpaired) electrons. The second kappa shape index (κ2) is 12.6. The molecule has 0 aliphatic carbocycles. The minimum atomic E-state index is -6.18. The van der Waals surface area contributed by atoms with Crippen LogP contribution in [0.25, 0.3) is 0 Å². The first kappa shape index (κ1) is 35.3. The van der Waals surface area contributed by atoms with Crippen molar-refractivity contribution in [1.29, 1.82) is 0 Å². The number of hydrogen-bond acceptors (Lipinski definition) is 0. The van der Waals surface area contributed by atoms with Gasteiger partial charge in [0, 0.05) is 24.3 Å². The zero-order valence-corrected chi connectivity index (χ0v) is 22.4. The lowest BCUT2D eigenvalue weighted by molar-refractivity contribution is -0.836. The summed E-state index contributed by atoms with van der Waals surface area (Å²) in [4.78, 5) is 1.42. The fourth-order valence-corrected chi connectivity index (χ4v) is 4.77. The van der Waals surface area contributed by atoms with Crippen molar-refractivity contribution < 1.29 is 75.1 Å². The minimum Gasteiger partial charge on any atom is -0.342 e. The van der Waals surface area contributed by atoms with Crippen LogP contribution in [0.4, 0.5) is 70.2 Å². The Bertz CT molecular complexity index is 1560. The van der Waals surface area contributed by atoms with Crippen LogP contribution in [-0.4, -0.2) is 27.3 Å². The summed E-state index contributed by atoms with van der Waals surface area (Å²) in [5, 5.41) is 0. The normalized spacial score (nSPS) is 11.6. The fourth-order valence-electron chi connectivity index (χ4n) is 4.77. The molecule has 18 heteroatoms. The lowest BCUT2D eigenvalue weighted by Crippen LogP contribution is -3.02. The number of nitrogens with one attached hydrogen (secondary N) is 1. The molecular formula is C27H14BF16N. The number of benzene rings is 4. The van der Waals surface area contributed by atoms with Gasteiger partial charge in [-0.1, -0.05) is 0 Å². The molecule has 4 aromatic rings. The van der Waals surface area contributed by atoms with E-state index in [0.29, 0.717) is 0 Å². The van der Waals surface area contributed by atoms with Gasteiger partial charge in [0.1, 0.15) is 29.4 Å². The second-order valence-corrected chi connectivity index (χ2v) is 9.89. The highest BCUT2D eigenvalue weighted by Crippen LogP contribution is 2.27. The smallest absolute Gasteiger partial charge is 0.191 e. The van der Waals surface area contributed by atoms with Crippen molar-refractivity contribution in [3.05, 3.63) is 117 Å². The first-order valence-electron chi connectivity index (χ1n) is 12.0. The van der Waals surface area contributed by atoms with Crippen LogP contribution in [0, 0.1) is 93.1 Å². The van der Waals surface area contributed by atoms with Crippen molar-refractivity contribution in [3.8, 4) is 0 Å². The SMILES string of the molecule is C[NH+](C)C.Fc1cc(F)c([B-](c2c(F)cc(F)c(F)c2F)(c2c(F)cc(F)c(F)c2F)c2c(F)cc(F)c(F)c2F)c(F)c1F. The Balaban J connectivity index is 0.00000130. The summed E-state index contributed by atoms with van der Waals surface area (Å²) in [6.07, 6.45) is -6.18. The summed E-state index contributed by atoms with van der Waals surface area (Å²) in [6.45, 7) is 0. The molecule has 4 aromatic carbocycles. The van der Waals surface area contributed by atoms with Gasteiger partial charge in [-0.15, -0.1) is 21.9 Å². The van der Waals surface area contributed by atoms with Gasteiger partial charge in [-0.05, 0) is 0 Å². The highest BCUT2D eigenvalue weighted by atomic mass is 19.2. The highest BCUT2D eigenvalue weighted by Gasteiger charge is 2.49. The van der Waals surface area contributed by atoms with E-state index in [9.17, 15) is 35.1 Å². The Morgan fingerprint density at radius 3 is 0.622 bits per heavy atom. The van der Waals surface area contributed by atoms with Crippen LogP contribution in [-0.2, 0) is 0 Å². The molecule has 0 bridgehead atoms. The molecule has 0 aromatic heterocycles. The van der Waals surface area contributed by atoms with E-state index in [1.807, 2.05) is 0 Å². The largest absolute Gasteiger partial charge is 0.342 e. The topological polar surface area (TPSA) is 4.44 Å². The van der Waals surface area contributed by atoms with E-state index in [4.69, 9.17) is 0 Å². The van der Waals surface area contributed by atoms with Gasteiger partial charge in [-0.3, -0.25) is 0 Å². The van der Waals surface area contributed by atoms with E-state index in [1.165, 1.54) is 4.90 Å². The molecule has 0 fully saturated rings. The molecule has 0 saturated carbocycles. The zero-order chi connectivity index (χ0) is 34.5. The first-order valence-corrected chi connectivity index (χ1v) is 12.0. The fraction of sp³-hybridized carbons (Fsp3) is 0.111. The third-order valence-corrected chi connectivity index (χ3v) is 6.33. The standard InChI is InChI=1S/C24H4BF16.C3H9N/c26-5-1-9(30)17(34)21(38)13(5)25(14-6(27)2-10(31)18(35)22(14)39,15-7(28)3-11(32)19(36)23(15)40)16-8(29)4-12(33)20(37)24(16)41;1-4(2)3/h1-4H;1-3H3/q-1;/p+1. The summed E-state index contributed by atoms with van der Waals surface area (Å²) >= 11 is 0. The predicted octanol–water partition coefficient (Wildman–Crippen LogP) is 4.05. The average molecular weight is 667 g/mol. The van der Waals surface area contributed by atoms with E-state index >= 15 is 35.1 Å². The minimum absolute atomic E-state index is 0.731. The Hall–Kier alpha value is -4.22. The molecule has 45 heavy (non-hydrogen) atoms. The molecule has 0 saturated heterocycles. The van der Waals surface area contributed by atoms with Gasteiger partial charge in [0.05, 0.1) is 44.4 Å². The van der Waals surface area contributed by atoms with Gasteiger partial charge in [0.2, 0.25) is 0 Å². The van der Waals surface area contributed by atoms with Gasteiger partial charge in [-0.25, -0.2) is 70.2 Å². The molecule has 0 atom stereocenters. The molecule has 0 spiro atoms. The summed E-state index contributed by atoms with van der Waals surface area (Å²) in [5.74, 6) is -45.1. The van der Waals surface area contributed by atoms with Crippen LogP contribution in [0.2, 0.25) is 0 Å². The van der Waals surface area contributed by atoms with E-state index < -0.39 is 145 Å². The maximum absolute atomic E-state index is 15.3. The summed E-state index contributed by atoms with van der Waals surface area (Å²) in [6, 6.07) is -2.92. The monoisotopic (exact) mass is 667 g/mol. The average Bonchev–Trinajstić information content (AvgIpc) is 2.92. The molecule has 1 nitrogen and oxygen atoms in total. The first-order chi connectivity index (χ1) is 20.7. The van der Waals surface area contributed by atoms with Crippen LogP contribution in [0.3, 0.4) is 0 Å². The quantitative estimate of drug-likeness (QED) is 0.145. The maximum Gasteiger partial charge on any atom is 0.191 e. The number of hydrogen-bond donors (Lipinski definition) is 1. The predicted molar refractivity (Wildman–Crippen MR) is 128 cm³/mol. The number of quaternary nitrogens is 1. The lowest BCUT2D eigenvalue weighted by Gasteiger charge is -2.44. The Morgan fingerprint density at radius 1 is 0.311 bits per heavy atom. The van der Waals surface area contributed by atoms with Crippen molar-refractivity contribution >= 4 is 28.0 Å². The molecule has 0 heterocycles. The number of halogens is 16. The highest BCUT2D eigenvalue weighted by molar-refractivity contribution is 7.20. The lowest BCUT2D eigenvalue weighted by atomic mass is 9.12. The van der Waals surface area contributed by atoms with E-state index in [1.54, 1.807) is 0 Å². The molecule has 0 amide bonds. The third-order valence-electron chi connectivity index (χ3n) is 6.33. The van der Waals surface area contributed by atoms with E-state index in [2.05, 4.69) is 21.1 Å². The number of rotatable bonds is 4. The third kappa shape index (κ3) is 5.70. The molecule has 1 N–H and O–H groups in total. The van der Waals surface area contributed by atoms with Gasteiger partial charge in [0.15, 0.2) is 46.5 Å². The second-order valence-electron chi connectivity index (χ2n) is 9.89. The molecular weight excluding hydrogens is 653 g/mol. The maximum atomic E-state index is 15.3. The molecule has 4 rings (SSSR count). The summed E-state index contributed by atoms with van der Waals surface area (Å²) < 4.78 is 235. The van der Waals surface area contributed by atoms with Crippen LogP contribution < -0.4 is 26.8 Å². The van der Waals surface area contributed by atoms with Crippen molar-refractivity contribution in [3.63, 3.8) is 0 Å². The van der Waals surface area contributed by atoms with Crippen molar-refractivity contribution in [2.45, 2.75) is 0 Å². The van der Waals surface area contributed by atoms with Gasteiger partial charge in [-0.2, -0.15) is 0 Å². The summed E-state index contributed by atoms with van der Waals surface area (Å²) in [5.41, 5.74) is -10.9. The van der Waals surface area contributed by atoms with Crippen molar-refractivity contribution in [2.24, 2.45) is 0 Å². The van der Waals surface area contributed by atoms with E-state index in [-0.39, 0.29) is 0 Å². The molecule has 0 aliphatic rings.